The molecule has 0 aromatic rings. The molecule has 0 aromatic carbocycles. The van der Waals surface area contributed by atoms with Gasteiger partial charge in [-0.1, -0.05) is 19.8 Å². The Morgan fingerprint density at radius 3 is 2.37 bits per heavy atom. The van der Waals surface area contributed by atoms with Crippen molar-refractivity contribution in [3.05, 3.63) is 14.0 Å². The Hall–Kier alpha value is -0.486. The maximum absolute atomic E-state index is 10.9. The zero-order valence-corrected chi connectivity index (χ0v) is 14.2. The molecule has 4 amide bonds. The Balaban J connectivity index is 0. The largest absolute Gasteiger partial charge is 0.508 e. The first-order valence-electron chi connectivity index (χ1n) is 6.01. The van der Waals surface area contributed by atoms with Gasteiger partial charge in [-0.2, -0.15) is 6.42 Å². The summed E-state index contributed by atoms with van der Waals surface area (Å²) in [5, 5.41) is 6.64. The summed E-state index contributed by atoms with van der Waals surface area (Å²) in [6, 6.07) is -1.10. The van der Waals surface area contributed by atoms with E-state index in [1.807, 2.05) is 0 Å². The molecule has 0 saturated carbocycles. The molecule has 1 aliphatic rings. The van der Waals surface area contributed by atoms with Gasteiger partial charge in [0.2, 0.25) is 0 Å². The molecule has 0 bridgehead atoms. The minimum absolute atomic E-state index is 0. The van der Waals surface area contributed by atoms with Crippen molar-refractivity contribution in [1.29, 1.82) is 0 Å². The number of carbonyl (C=O) groups excluding carboxylic acids is 3. The number of hydrogen-bond donors (Lipinski definition) is 3. The molecule has 1 aliphatic heterocycles. The predicted octanol–water partition coefficient (Wildman–Crippen LogP) is 0.891. The minimum atomic E-state index is -0.593. The van der Waals surface area contributed by atoms with Gasteiger partial charge in [0.25, 0.3) is 5.91 Å². The van der Waals surface area contributed by atoms with Gasteiger partial charge < -0.3 is 17.6 Å². The number of carbonyl (C=O) groups is 3. The van der Waals surface area contributed by atoms with E-state index in [9.17, 15) is 14.4 Å². The maximum Gasteiger partial charge on any atom is 0.322 e. The van der Waals surface area contributed by atoms with E-state index in [1.54, 1.807) is 0 Å². The molecule has 1 unspecified atom stereocenters. The Morgan fingerprint density at radius 2 is 2.05 bits per heavy atom. The molecule has 0 aromatic heterocycles. The average molecular weight is 344 g/mol. The van der Waals surface area contributed by atoms with Crippen molar-refractivity contribution in [2.75, 3.05) is 0 Å². The van der Waals surface area contributed by atoms with Crippen LogP contribution in [-0.2, 0) is 42.3 Å². The molecule has 6 nitrogen and oxygen atoms in total. The first-order chi connectivity index (χ1) is 8.54. The fourth-order valence-corrected chi connectivity index (χ4v) is 1.28. The van der Waals surface area contributed by atoms with Crippen LogP contribution in [0.4, 0.5) is 4.79 Å². The number of amides is 4. The van der Waals surface area contributed by atoms with Crippen molar-refractivity contribution < 1.29 is 47.1 Å². The quantitative estimate of drug-likeness (QED) is 0.511. The molecular formula is C12H21N3O3Y-2. The van der Waals surface area contributed by atoms with Crippen molar-refractivity contribution in [2.45, 2.75) is 45.1 Å². The normalized spacial score (nSPS) is 16.5. The molecule has 1 atom stereocenters. The number of unbranched alkanes of at least 4 members (excludes halogenated alkanes) is 2. The Kier molecular flexibility index (Phi) is 13.7. The van der Waals surface area contributed by atoms with Crippen LogP contribution >= 0.6 is 0 Å². The van der Waals surface area contributed by atoms with Crippen LogP contribution in [0.5, 0.6) is 0 Å². The molecule has 7 heteroatoms. The van der Waals surface area contributed by atoms with E-state index in [0.29, 0.717) is 6.42 Å². The molecule has 3 N–H and O–H groups in total. The third-order valence-electron chi connectivity index (χ3n) is 2.32. The third-order valence-corrected chi connectivity index (χ3v) is 2.32. The molecule has 107 valence electrons. The number of rotatable bonds is 5. The molecular weight excluding hydrogens is 323 g/mol. The van der Waals surface area contributed by atoms with Crippen molar-refractivity contribution in [3.63, 3.8) is 0 Å². The Morgan fingerprint density at radius 1 is 1.42 bits per heavy atom. The van der Waals surface area contributed by atoms with Crippen LogP contribution in [0.1, 0.15) is 39.0 Å². The summed E-state index contributed by atoms with van der Waals surface area (Å²) in [6.45, 7) is 5.85. The number of urea groups is 1. The fraction of sp³-hybridized carbons (Fsp3) is 0.583. The predicted molar refractivity (Wildman–Crippen MR) is 68.1 cm³/mol. The average Bonchev–Trinajstić information content (AvgIpc) is 2.66. The van der Waals surface area contributed by atoms with Gasteiger partial charge in [-0.15, -0.1) is 0 Å². The molecule has 1 heterocycles. The van der Waals surface area contributed by atoms with E-state index in [2.05, 4.69) is 36.8 Å². The Labute approximate surface area is 139 Å². The Bertz CT molecular complexity index is 296. The summed E-state index contributed by atoms with van der Waals surface area (Å²) in [4.78, 5) is 32.3. The second-order valence-corrected chi connectivity index (χ2v) is 3.86. The van der Waals surface area contributed by atoms with Crippen LogP contribution in [0, 0.1) is 14.0 Å². The molecule has 1 fully saturated rings. The van der Waals surface area contributed by atoms with E-state index in [0.717, 1.165) is 6.42 Å². The van der Waals surface area contributed by atoms with Crippen molar-refractivity contribution in [2.24, 2.45) is 0 Å². The van der Waals surface area contributed by atoms with E-state index < -0.39 is 12.1 Å². The monoisotopic (exact) mass is 344 g/mol. The zero-order valence-electron chi connectivity index (χ0n) is 11.3. The fourth-order valence-electron chi connectivity index (χ4n) is 1.28. The molecule has 1 radical (unpaired) electrons. The molecule has 1 rings (SSSR count). The zero-order chi connectivity index (χ0) is 14.0. The van der Waals surface area contributed by atoms with E-state index >= 15 is 0 Å². The van der Waals surface area contributed by atoms with Crippen molar-refractivity contribution >= 4 is 17.8 Å². The van der Waals surface area contributed by atoms with E-state index in [1.165, 1.54) is 12.8 Å². The van der Waals surface area contributed by atoms with Crippen LogP contribution in [0.25, 0.3) is 0 Å². The van der Waals surface area contributed by atoms with Crippen LogP contribution in [0.15, 0.2) is 0 Å². The molecule has 1 saturated heterocycles. The van der Waals surface area contributed by atoms with Gasteiger partial charge in [0, 0.05) is 39.1 Å². The van der Waals surface area contributed by atoms with Gasteiger partial charge in [-0.05, 0) is 6.42 Å². The molecule has 0 aliphatic carbocycles. The summed E-state index contributed by atoms with van der Waals surface area (Å²) >= 11 is 0. The summed E-state index contributed by atoms with van der Waals surface area (Å²) in [5.74, 6) is -0.643. The van der Waals surface area contributed by atoms with Gasteiger partial charge in [0.1, 0.15) is 6.04 Å². The second-order valence-electron chi connectivity index (χ2n) is 3.86. The molecule has 19 heavy (non-hydrogen) atoms. The van der Waals surface area contributed by atoms with E-state index in [-0.39, 0.29) is 50.9 Å². The van der Waals surface area contributed by atoms with Crippen LogP contribution in [-0.4, -0.2) is 23.9 Å². The standard InChI is InChI=1S/C7H10N3O3.C5H11.Y/c1-8-5(11)3-2-4-6(12)10-7(13)9-4;1-3-5-4-2;/h4H,1-3H2,(H,8,11)(H2,9,10,12,13);1,3-5H2,2H3;/q2*-1;. The third kappa shape index (κ3) is 10.0. The number of nitrogens with one attached hydrogen (secondary N) is 3. The van der Waals surface area contributed by atoms with Crippen LogP contribution in [0.2, 0.25) is 0 Å². The van der Waals surface area contributed by atoms with Crippen molar-refractivity contribution in [3.8, 4) is 0 Å². The van der Waals surface area contributed by atoms with Crippen LogP contribution in [0.3, 0.4) is 0 Å². The summed E-state index contributed by atoms with van der Waals surface area (Å²) in [6.07, 6.45) is 4.11. The number of hydrogen-bond acceptors (Lipinski definition) is 3. The maximum atomic E-state index is 10.9. The van der Waals surface area contributed by atoms with Gasteiger partial charge in [-0.3, -0.25) is 22.0 Å². The first kappa shape index (κ1) is 20.8. The smallest absolute Gasteiger partial charge is 0.322 e. The SMILES string of the molecule is [CH2-]CCCC.[CH2-]NC(=O)CCC1NC(=O)NC1=O.[Y]. The van der Waals surface area contributed by atoms with Crippen LogP contribution < -0.4 is 16.0 Å². The van der Waals surface area contributed by atoms with Gasteiger partial charge in [-0.25, -0.2) is 4.79 Å². The van der Waals surface area contributed by atoms with Gasteiger partial charge in [0.15, 0.2) is 5.91 Å². The van der Waals surface area contributed by atoms with E-state index in [4.69, 9.17) is 0 Å². The second kappa shape index (κ2) is 12.5. The summed E-state index contributed by atoms with van der Waals surface area (Å²) in [7, 11) is 3.18. The summed E-state index contributed by atoms with van der Waals surface area (Å²) < 4.78 is 0. The summed E-state index contributed by atoms with van der Waals surface area (Å²) in [5.41, 5.74) is 0. The topological polar surface area (TPSA) is 87.3 Å². The minimum Gasteiger partial charge on any atom is -0.508 e. The number of imide groups is 1. The van der Waals surface area contributed by atoms with Crippen molar-refractivity contribution in [1.82, 2.24) is 16.0 Å². The van der Waals surface area contributed by atoms with Gasteiger partial charge >= 0.3 is 6.03 Å². The van der Waals surface area contributed by atoms with Gasteiger partial charge in [0.05, 0.1) is 0 Å². The first-order valence-corrected chi connectivity index (χ1v) is 6.01. The molecule has 0 spiro atoms.